The molecule has 0 unspecified atom stereocenters. The molecule has 0 spiro atoms. The molecule has 0 bridgehead atoms. The average molecular weight is 548 g/mol. The summed E-state index contributed by atoms with van der Waals surface area (Å²) in [5.74, 6) is -0.0503. The molecule has 1 amide bonds. The molecule has 202 valence electrons. The van der Waals surface area contributed by atoms with Crippen LogP contribution >= 0.6 is 11.3 Å². The van der Waals surface area contributed by atoms with Gasteiger partial charge in [0.05, 0.1) is 23.1 Å². The topological polar surface area (TPSA) is 96.0 Å². The predicted molar refractivity (Wildman–Crippen MR) is 146 cm³/mol. The summed E-state index contributed by atoms with van der Waals surface area (Å²) in [6.45, 7) is 11.3. The van der Waals surface area contributed by atoms with Gasteiger partial charge < -0.3 is 10.1 Å². The maximum Gasteiger partial charge on any atom is 0.341 e. The first-order valence-electron chi connectivity index (χ1n) is 13.0. The number of esters is 1. The van der Waals surface area contributed by atoms with Crippen LogP contribution in [0, 0.1) is 19.8 Å². The minimum absolute atomic E-state index is 0.206. The van der Waals surface area contributed by atoms with E-state index in [1.165, 1.54) is 15.6 Å². The van der Waals surface area contributed by atoms with Crippen LogP contribution in [0.4, 0.5) is 5.00 Å². The van der Waals surface area contributed by atoms with Crippen LogP contribution in [0.1, 0.15) is 59.1 Å². The fourth-order valence-electron chi connectivity index (χ4n) is 5.10. The molecule has 2 atom stereocenters. The van der Waals surface area contributed by atoms with Crippen molar-refractivity contribution in [3.05, 3.63) is 45.3 Å². The predicted octanol–water partition coefficient (Wildman–Crippen LogP) is 4.00. The van der Waals surface area contributed by atoms with Gasteiger partial charge in [0.15, 0.2) is 0 Å². The van der Waals surface area contributed by atoms with E-state index in [4.69, 9.17) is 4.74 Å². The number of carbonyl (C=O) groups is 2. The zero-order valence-corrected chi connectivity index (χ0v) is 23.9. The quantitative estimate of drug-likeness (QED) is 0.527. The molecule has 0 radical (unpaired) electrons. The number of aryl methyl sites for hydroxylation is 2. The number of piperazine rings is 1. The van der Waals surface area contributed by atoms with Crippen LogP contribution in [-0.4, -0.2) is 68.3 Å². The van der Waals surface area contributed by atoms with E-state index < -0.39 is 16.1 Å². The highest BCUT2D eigenvalue weighted by molar-refractivity contribution is 7.89. The maximum atomic E-state index is 13.3. The van der Waals surface area contributed by atoms with Gasteiger partial charge in [0.1, 0.15) is 5.00 Å². The van der Waals surface area contributed by atoms with E-state index in [2.05, 4.69) is 12.2 Å². The summed E-state index contributed by atoms with van der Waals surface area (Å²) in [6.07, 6.45) is 2.72. The zero-order chi connectivity index (χ0) is 26.9. The highest BCUT2D eigenvalue weighted by Crippen LogP contribution is 2.40. The number of thiophene rings is 1. The number of fused-ring (bicyclic) bond motifs is 1. The minimum atomic E-state index is -3.60. The average Bonchev–Trinajstić information content (AvgIpc) is 3.21. The Morgan fingerprint density at radius 1 is 1.19 bits per heavy atom. The van der Waals surface area contributed by atoms with E-state index in [1.807, 2.05) is 37.8 Å². The molecular formula is C27H37N3O5S2. The van der Waals surface area contributed by atoms with E-state index in [9.17, 15) is 18.0 Å². The van der Waals surface area contributed by atoms with Crippen LogP contribution in [-0.2, 0) is 32.4 Å². The van der Waals surface area contributed by atoms with Crippen LogP contribution in [0.15, 0.2) is 23.1 Å². The normalized spacial score (nSPS) is 19.8. The number of nitrogens with zero attached hydrogens (tertiary/aromatic N) is 2. The van der Waals surface area contributed by atoms with Gasteiger partial charge in [0, 0.05) is 31.1 Å². The summed E-state index contributed by atoms with van der Waals surface area (Å²) in [7, 11) is -3.60. The van der Waals surface area contributed by atoms with E-state index in [0.29, 0.717) is 47.6 Å². The fraction of sp³-hybridized carbons (Fsp3) is 0.556. The van der Waals surface area contributed by atoms with Crippen LogP contribution in [0.3, 0.4) is 0 Å². The number of hydrogen-bond donors (Lipinski definition) is 1. The minimum Gasteiger partial charge on any atom is -0.462 e. The molecule has 1 aromatic heterocycles. The molecule has 10 heteroatoms. The number of nitrogens with one attached hydrogen (secondary N) is 1. The second-order valence-electron chi connectivity index (χ2n) is 10.2. The maximum absolute atomic E-state index is 13.3. The van der Waals surface area contributed by atoms with E-state index in [1.54, 1.807) is 13.0 Å². The third-order valence-electron chi connectivity index (χ3n) is 7.39. The van der Waals surface area contributed by atoms with Crippen molar-refractivity contribution in [3.8, 4) is 0 Å². The molecular weight excluding hydrogens is 510 g/mol. The Morgan fingerprint density at radius 2 is 1.89 bits per heavy atom. The largest absolute Gasteiger partial charge is 0.462 e. The first-order valence-corrected chi connectivity index (χ1v) is 15.2. The Hall–Kier alpha value is -2.27. The van der Waals surface area contributed by atoms with Crippen LogP contribution in [0.2, 0.25) is 0 Å². The summed E-state index contributed by atoms with van der Waals surface area (Å²) < 4.78 is 33.4. The Bertz CT molecular complexity index is 1280. The molecule has 37 heavy (non-hydrogen) atoms. The molecule has 2 aromatic rings. The van der Waals surface area contributed by atoms with Gasteiger partial charge in [-0.05, 0) is 75.6 Å². The van der Waals surface area contributed by atoms with Crippen LogP contribution < -0.4 is 5.32 Å². The SMILES string of the molecule is CCOC(=O)c1c(NC(=O)[C@@H](C)N2CCN(S(=O)(=O)c3cc(C)ccc3C)CC2)sc2c1CC[C@@H](C)C2. The molecule has 1 N–H and O–H groups in total. The summed E-state index contributed by atoms with van der Waals surface area (Å²) >= 11 is 1.48. The standard InChI is InChI=1S/C27H37N3O5S2/c1-6-35-27(32)24-21-10-8-17(2)15-22(21)36-26(24)28-25(31)20(5)29-11-13-30(14-12-29)37(33,34)23-16-18(3)7-9-19(23)4/h7,9,16-17,20H,6,8,10-15H2,1-5H3,(H,28,31)/t17-,20-/m1/s1. The molecule has 1 aromatic carbocycles. The van der Waals surface area contributed by atoms with Gasteiger partial charge in [-0.3, -0.25) is 9.69 Å². The molecule has 2 aliphatic rings. The van der Waals surface area contributed by atoms with Crippen molar-refractivity contribution in [1.82, 2.24) is 9.21 Å². The lowest BCUT2D eigenvalue weighted by molar-refractivity contribution is -0.121. The lowest BCUT2D eigenvalue weighted by Gasteiger charge is -2.36. The number of hydrogen-bond acceptors (Lipinski definition) is 7. The Kier molecular flexibility index (Phi) is 8.42. The van der Waals surface area contributed by atoms with Crippen molar-refractivity contribution in [2.75, 3.05) is 38.1 Å². The number of carbonyl (C=O) groups excluding carboxylic acids is 2. The van der Waals surface area contributed by atoms with Gasteiger partial charge >= 0.3 is 5.97 Å². The highest BCUT2D eigenvalue weighted by atomic mass is 32.2. The van der Waals surface area contributed by atoms with Crippen molar-refractivity contribution in [2.45, 2.75) is 64.8 Å². The molecule has 8 nitrogen and oxygen atoms in total. The molecule has 1 aliphatic carbocycles. The van der Waals surface area contributed by atoms with Crippen molar-refractivity contribution < 1.29 is 22.7 Å². The Balaban J connectivity index is 1.45. The van der Waals surface area contributed by atoms with Gasteiger partial charge in [-0.1, -0.05) is 19.1 Å². The third-order valence-corrected chi connectivity index (χ3v) is 10.6. The smallest absolute Gasteiger partial charge is 0.341 e. The van der Waals surface area contributed by atoms with Crippen molar-refractivity contribution in [2.24, 2.45) is 5.92 Å². The third kappa shape index (κ3) is 5.77. The first-order chi connectivity index (χ1) is 17.5. The highest BCUT2D eigenvalue weighted by Gasteiger charge is 2.34. The lowest BCUT2D eigenvalue weighted by Crippen LogP contribution is -2.54. The molecule has 1 fully saturated rings. The summed E-state index contributed by atoms with van der Waals surface area (Å²) in [5, 5.41) is 3.57. The molecule has 4 rings (SSSR count). The van der Waals surface area contributed by atoms with Gasteiger partial charge in [0.2, 0.25) is 15.9 Å². The Morgan fingerprint density at radius 3 is 2.57 bits per heavy atom. The number of sulfonamides is 1. The van der Waals surface area contributed by atoms with Gasteiger partial charge in [0.25, 0.3) is 0 Å². The molecule has 2 heterocycles. The molecule has 1 saturated heterocycles. The zero-order valence-electron chi connectivity index (χ0n) is 22.3. The van der Waals surface area contributed by atoms with Gasteiger partial charge in [-0.15, -0.1) is 11.3 Å². The first kappa shape index (κ1) is 27.8. The van der Waals surface area contributed by atoms with Gasteiger partial charge in [-0.2, -0.15) is 4.31 Å². The Labute approximate surface area is 224 Å². The van der Waals surface area contributed by atoms with Crippen molar-refractivity contribution in [1.29, 1.82) is 0 Å². The van der Waals surface area contributed by atoms with Crippen molar-refractivity contribution >= 4 is 38.2 Å². The second-order valence-corrected chi connectivity index (χ2v) is 13.2. The number of rotatable bonds is 7. The van der Waals surface area contributed by atoms with Crippen molar-refractivity contribution in [3.63, 3.8) is 0 Å². The summed E-state index contributed by atoms with van der Waals surface area (Å²) in [6, 6.07) is 4.98. The number of amides is 1. The van der Waals surface area contributed by atoms with E-state index in [-0.39, 0.29) is 18.5 Å². The number of anilines is 1. The number of ether oxygens (including phenoxy) is 1. The van der Waals surface area contributed by atoms with Gasteiger partial charge in [-0.25, -0.2) is 13.2 Å². The lowest BCUT2D eigenvalue weighted by atomic mass is 9.88. The van der Waals surface area contributed by atoms with E-state index in [0.717, 1.165) is 40.8 Å². The molecule has 1 aliphatic heterocycles. The number of benzene rings is 1. The summed E-state index contributed by atoms with van der Waals surface area (Å²) in [5.41, 5.74) is 3.14. The monoisotopic (exact) mass is 547 g/mol. The fourth-order valence-corrected chi connectivity index (χ4v) is 8.23. The second kappa shape index (κ2) is 11.2. The van der Waals surface area contributed by atoms with Crippen LogP contribution in [0.5, 0.6) is 0 Å². The molecule has 0 saturated carbocycles. The summed E-state index contributed by atoms with van der Waals surface area (Å²) in [4.78, 5) is 29.5. The van der Waals surface area contributed by atoms with E-state index >= 15 is 0 Å². The van der Waals surface area contributed by atoms with Crippen LogP contribution in [0.25, 0.3) is 0 Å².